The molecule has 0 aromatic carbocycles. The Hall–Kier alpha value is -0.720. The molecule has 0 bridgehead atoms. The number of aliphatic hydroxyl groups excluding tert-OH is 1. The molecule has 0 radical (unpaired) electrons. The molecule has 0 spiro atoms. The minimum Gasteiger partial charge on any atom is -0.460 e. The highest BCUT2D eigenvalue weighted by Gasteiger charge is 2.50. The van der Waals surface area contributed by atoms with Gasteiger partial charge in [0.1, 0.15) is 18.8 Å². The maximum atomic E-state index is 12.0. The molecule has 29 heavy (non-hydrogen) atoms. The molecule has 4 atom stereocenters. The van der Waals surface area contributed by atoms with Gasteiger partial charge in [-0.25, -0.2) is 14.4 Å². The molecule has 162 valence electrons. The number of aliphatic hydroxyl groups is 1. The normalized spacial score (nSPS) is 24.9. The molecule has 10 nitrogen and oxygen atoms in total. The van der Waals surface area contributed by atoms with E-state index in [4.69, 9.17) is 83.8 Å². The third-order valence-corrected chi connectivity index (χ3v) is 4.45. The van der Waals surface area contributed by atoms with Crippen molar-refractivity contribution in [2.24, 2.45) is 0 Å². The Balaban J connectivity index is 2.29. The van der Waals surface area contributed by atoms with Gasteiger partial charge in [0.2, 0.25) is 0 Å². The number of alkyl halides is 6. The van der Waals surface area contributed by atoms with Crippen LogP contribution in [0.25, 0.3) is 0 Å². The SMILES string of the molecule is O=C(OC[C@H]1O[C@@H](n2ccc(=O)[nH]c2=O)[C@@H](O)C1OC(=O)C(Cl)(Cl)Cl)C(Cl)(Cl)Cl. The molecule has 0 saturated carbocycles. The van der Waals surface area contributed by atoms with Gasteiger partial charge < -0.3 is 19.3 Å². The summed E-state index contributed by atoms with van der Waals surface area (Å²) >= 11 is 32.5. The lowest BCUT2D eigenvalue weighted by molar-refractivity contribution is -0.159. The summed E-state index contributed by atoms with van der Waals surface area (Å²) in [7, 11) is 0. The standard InChI is InChI=1S/C13H10Cl6N2O8/c14-12(15,16)9(24)27-3-4-7(29-10(25)13(17,18)19)6(23)8(28-4)21-2-1-5(22)20-11(21)26/h1-2,4,6-8,23H,3H2,(H,20,22,26)/t4-,6+,7?,8-/m1/s1. The van der Waals surface area contributed by atoms with Crippen molar-refractivity contribution in [1.82, 2.24) is 9.55 Å². The fraction of sp³-hybridized carbons (Fsp3) is 0.538. The minimum atomic E-state index is -2.49. The predicted octanol–water partition coefficient (Wildman–Crippen LogP) is 0.990. The monoisotopic (exact) mass is 532 g/mol. The molecule has 1 aliphatic rings. The zero-order chi connectivity index (χ0) is 22.1. The number of nitrogens with one attached hydrogen (secondary N) is 1. The number of aromatic amines is 1. The molecule has 1 saturated heterocycles. The average molecular weight is 535 g/mol. The zero-order valence-electron chi connectivity index (χ0n) is 13.7. The molecule has 2 N–H and O–H groups in total. The summed E-state index contributed by atoms with van der Waals surface area (Å²) in [4.78, 5) is 48.7. The highest BCUT2D eigenvalue weighted by atomic mass is 35.6. The van der Waals surface area contributed by atoms with E-state index < -0.39 is 61.9 Å². The lowest BCUT2D eigenvalue weighted by Crippen LogP contribution is -2.42. The molecule has 2 rings (SSSR count). The molecule has 16 heteroatoms. The van der Waals surface area contributed by atoms with Crippen LogP contribution in [0.1, 0.15) is 6.23 Å². The van der Waals surface area contributed by atoms with Crippen molar-refractivity contribution in [3.63, 3.8) is 0 Å². The number of carbonyl (C=O) groups is 2. The number of hydrogen-bond acceptors (Lipinski definition) is 8. The number of hydrogen-bond donors (Lipinski definition) is 2. The minimum absolute atomic E-state index is 0.670. The van der Waals surface area contributed by atoms with Gasteiger partial charge in [-0.2, -0.15) is 0 Å². The maximum Gasteiger partial charge on any atom is 0.359 e. The van der Waals surface area contributed by atoms with Crippen LogP contribution < -0.4 is 11.2 Å². The first kappa shape index (κ1) is 24.5. The molecule has 0 amide bonds. The molecule has 1 aromatic heterocycles. The number of aromatic nitrogens is 2. The maximum absolute atomic E-state index is 12.0. The summed E-state index contributed by atoms with van der Waals surface area (Å²) in [5.74, 6) is -2.65. The lowest BCUT2D eigenvalue weighted by Gasteiger charge is -2.23. The van der Waals surface area contributed by atoms with Crippen LogP contribution in [0.2, 0.25) is 0 Å². The van der Waals surface area contributed by atoms with Crippen LogP contribution in [-0.4, -0.2) is 59.1 Å². The highest BCUT2D eigenvalue weighted by Crippen LogP contribution is 2.35. The number of carbonyl (C=O) groups excluding carboxylic acids is 2. The van der Waals surface area contributed by atoms with E-state index in [2.05, 4.69) is 0 Å². The average Bonchev–Trinajstić information content (AvgIpc) is 2.87. The first-order chi connectivity index (χ1) is 13.2. The number of esters is 2. The van der Waals surface area contributed by atoms with Gasteiger partial charge >= 0.3 is 17.6 Å². The summed E-state index contributed by atoms with van der Waals surface area (Å²) in [5.41, 5.74) is -1.64. The second-order valence-electron chi connectivity index (χ2n) is 5.54. The highest BCUT2D eigenvalue weighted by molar-refractivity contribution is 6.76. The Kier molecular flexibility index (Phi) is 7.78. The zero-order valence-corrected chi connectivity index (χ0v) is 18.2. The van der Waals surface area contributed by atoms with Crippen molar-refractivity contribution in [2.45, 2.75) is 32.1 Å². The van der Waals surface area contributed by atoms with Gasteiger partial charge in [0.25, 0.3) is 13.1 Å². The van der Waals surface area contributed by atoms with Crippen molar-refractivity contribution in [2.75, 3.05) is 6.61 Å². The smallest absolute Gasteiger partial charge is 0.359 e. The first-order valence-corrected chi connectivity index (χ1v) is 9.65. The second kappa shape index (κ2) is 9.19. The molecule has 2 heterocycles. The Labute approximate surface area is 191 Å². The van der Waals surface area contributed by atoms with Crippen molar-refractivity contribution in [3.05, 3.63) is 33.1 Å². The van der Waals surface area contributed by atoms with Gasteiger partial charge in [-0.1, -0.05) is 69.6 Å². The van der Waals surface area contributed by atoms with Crippen LogP contribution in [-0.2, 0) is 23.8 Å². The summed E-state index contributed by atoms with van der Waals surface area (Å²) in [6.45, 7) is -0.670. The van der Waals surface area contributed by atoms with Crippen molar-refractivity contribution in [3.8, 4) is 0 Å². The van der Waals surface area contributed by atoms with E-state index in [0.29, 0.717) is 0 Å². The van der Waals surface area contributed by atoms with E-state index in [1.807, 2.05) is 4.98 Å². The number of halogens is 6. The van der Waals surface area contributed by atoms with Crippen LogP contribution >= 0.6 is 69.6 Å². The van der Waals surface area contributed by atoms with Crippen LogP contribution in [0, 0.1) is 0 Å². The van der Waals surface area contributed by atoms with Gasteiger partial charge in [-0.15, -0.1) is 0 Å². The molecular weight excluding hydrogens is 525 g/mol. The number of H-pyrrole nitrogens is 1. The molecule has 0 aliphatic carbocycles. The number of rotatable bonds is 4. The van der Waals surface area contributed by atoms with E-state index >= 15 is 0 Å². The Morgan fingerprint density at radius 3 is 2.24 bits per heavy atom. The van der Waals surface area contributed by atoms with Crippen LogP contribution in [0.4, 0.5) is 0 Å². The first-order valence-electron chi connectivity index (χ1n) is 7.38. The Bertz CT molecular complexity index is 891. The molecule has 1 unspecified atom stereocenters. The largest absolute Gasteiger partial charge is 0.460 e. The summed E-state index contributed by atoms with van der Waals surface area (Å²) < 4.78 is 11.1. The van der Waals surface area contributed by atoms with E-state index in [9.17, 15) is 24.3 Å². The topological polar surface area (TPSA) is 137 Å². The predicted molar refractivity (Wildman–Crippen MR) is 103 cm³/mol. The Morgan fingerprint density at radius 2 is 1.72 bits per heavy atom. The van der Waals surface area contributed by atoms with Crippen LogP contribution in [0.5, 0.6) is 0 Å². The van der Waals surface area contributed by atoms with Crippen molar-refractivity contribution >= 4 is 81.5 Å². The van der Waals surface area contributed by atoms with Crippen LogP contribution in [0.3, 0.4) is 0 Å². The van der Waals surface area contributed by atoms with Crippen LogP contribution in [0.15, 0.2) is 21.9 Å². The van der Waals surface area contributed by atoms with Gasteiger partial charge in [0, 0.05) is 12.3 Å². The van der Waals surface area contributed by atoms with Gasteiger partial charge in [0.05, 0.1) is 0 Å². The van der Waals surface area contributed by atoms with E-state index in [0.717, 1.165) is 16.8 Å². The third-order valence-electron chi connectivity index (χ3n) is 3.52. The third kappa shape index (κ3) is 6.14. The van der Waals surface area contributed by atoms with E-state index in [1.165, 1.54) is 0 Å². The van der Waals surface area contributed by atoms with Gasteiger partial charge in [-0.3, -0.25) is 14.3 Å². The summed E-state index contributed by atoms with van der Waals surface area (Å²) in [5, 5.41) is 10.5. The van der Waals surface area contributed by atoms with Crippen molar-refractivity contribution < 1.29 is 28.9 Å². The number of ether oxygens (including phenoxy) is 3. The van der Waals surface area contributed by atoms with Gasteiger partial charge in [-0.05, 0) is 0 Å². The van der Waals surface area contributed by atoms with E-state index in [-0.39, 0.29) is 0 Å². The second-order valence-corrected chi connectivity index (χ2v) is 10.1. The quantitative estimate of drug-likeness (QED) is 0.431. The number of nitrogens with zero attached hydrogens (tertiary/aromatic N) is 1. The fourth-order valence-electron chi connectivity index (χ4n) is 2.29. The molecule has 1 fully saturated rings. The fourth-order valence-corrected chi connectivity index (χ4v) is 2.58. The Morgan fingerprint density at radius 1 is 1.14 bits per heavy atom. The van der Waals surface area contributed by atoms with E-state index in [1.54, 1.807) is 0 Å². The molecule has 1 aromatic rings. The molecule has 1 aliphatic heterocycles. The summed E-state index contributed by atoms with van der Waals surface area (Å²) in [6.07, 6.45) is -5.07. The lowest BCUT2D eigenvalue weighted by atomic mass is 10.1. The molecular formula is C13H10Cl6N2O8. The van der Waals surface area contributed by atoms with Crippen molar-refractivity contribution in [1.29, 1.82) is 0 Å². The van der Waals surface area contributed by atoms with Gasteiger partial charge in [0.15, 0.2) is 12.3 Å². The summed E-state index contributed by atoms with van der Waals surface area (Å²) in [6, 6.07) is 0.982.